The number of nitrogens with two attached hydrogens (primary N) is 1. The highest BCUT2D eigenvalue weighted by Gasteiger charge is 2.09. The molecule has 2 rings (SSSR count). The molecule has 0 aliphatic heterocycles. The summed E-state index contributed by atoms with van der Waals surface area (Å²) in [6, 6.07) is 7.64. The molecule has 0 atom stereocenters. The molecule has 0 spiro atoms. The third-order valence-corrected chi connectivity index (χ3v) is 2.83. The summed E-state index contributed by atoms with van der Waals surface area (Å²) in [5.74, 6) is 0.889. The van der Waals surface area contributed by atoms with Crippen molar-refractivity contribution in [1.29, 1.82) is 0 Å². The summed E-state index contributed by atoms with van der Waals surface area (Å²) in [5, 5.41) is 6.63. The third-order valence-electron chi connectivity index (χ3n) is 2.83. The summed E-state index contributed by atoms with van der Waals surface area (Å²) >= 11 is 0. The number of aromatic nitrogens is 2. The number of hydrogen-bond acceptors (Lipinski definition) is 5. The first kappa shape index (κ1) is 14.2. The number of hydrogen-bond donors (Lipinski definition) is 2. The van der Waals surface area contributed by atoms with Crippen molar-refractivity contribution in [3.05, 3.63) is 35.7 Å². The van der Waals surface area contributed by atoms with Gasteiger partial charge < -0.3 is 15.6 Å². The molecular formula is C14H18N4O2. The molecule has 0 radical (unpaired) electrons. The summed E-state index contributed by atoms with van der Waals surface area (Å²) in [7, 11) is 0. The van der Waals surface area contributed by atoms with Crippen LogP contribution < -0.4 is 11.1 Å². The molecule has 0 aliphatic rings. The van der Waals surface area contributed by atoms with Gasteiger partial charge >= 0.3 is 0 Å². The molecule has 0 unspecified atom stereocenters. The van der Waals surface area contributed by atoms with Gasteiger partial charge in [-0.15, -0.1) is 0 Å². The van der Waals surface area contributed by atoms with Crippen molar-refractivity contribution in [2.45, 2.75) is 32.9 Å². The Labute approximate surface area is 117 Å². The van der Waals surface area contributed by atoms with E-state index in [1.807, 2.05) is 31.2 Å². The fourth-order valence-corrected chi connectivity index (χ4v) is 1.72. The van der Waals surface area contributed by atoms with Crippen molar-refractivity contribution in [3.8, 4) is 11.4 Å². The standard InChI is InChI=1S/C14H18N4O2/c1-2-3-12(19)16-9-13-17-14(18-20-13)11-6-4-10(8-15)5-7-11/h4-7H,2-3,8-9,15H2,1H3,(H,16,19). The molecule has 0 bridgehead atoms. The summed E-state index contributed by atoms with van der Waals surface area (Å²) < 4.78 is 5.10. The lowest BCUT2D eigenvalue weighted by atomic mass is 10.1. The largest absolute Gasteiger partial charge is 0.347 e. The minimum atomic E-state index is -0.0143. The lowest BCUT2D eigenvalue weighted by Crippen LogP contribution is -2.22. The summed E-state index contributed by atoms with van der Waals surface area (Å²) in [5.41, 5.74) is 7.45. The molecule has 6 heteroatoms. The van der Waals surface area contributed by atoms with E-state index in [9.17, 15) is 4.79 Å². The smallest absolute Gasteiger partial charge is 0.246 e. The maximum atomic E-state index is 11.4. The fourth-order valence-electron chi connectivity index (χ4n) is 1.72. The van der Waals surface area contributed by atoms with Crippen LogP contribution >= 0.6 is 0 Å². The van der Waals surface area contributed by atoms with Crippen molar-refractivity contribution < 1.29 is 9.32 Å². The zero-order valence-electron chi connectivity index (χ0n) is 11.4. The van der Waals surface area contributed by atoms with E-state index in [0.717, 1.165) is 17.5 Å². The van der Waals surface area contributed by atoms with Gasteiger partial charge in [-0.3, -0.25) is 4.79 Å². The molecule has 1 aromatic carbocycles. The van der Waals surface area contributed by atoms with Crippen LogP contribution in [0.15, 0.2) is 28.8 Å². The Bertz CT molecular complexity index is 563. The average Bonchev–Trinajstić information content (AvgIpc) is 2.94. The van der Waals surface area contributed by atoms with E-state index in [1.165, 1.54) is 0 Å². The van der Waals surface area contributed by atoms with Gasteiger partial charge in [0.25, 0.3) is 0 Å². The Morgan fingerprint density at radius 3 is 2.75 bits per heavy atom. The minimum Gasteiger partial charge on any atom is -0.347 e. The summed E-state index contributed by atoms with van der Waals surface area (Å²) in [6.07, 6.45) is 1.32. The second-order valence-electron chi connectivity index (χ2n) is 4.44. The van der Waals surface area contributed by atoms with E-state index in [1.54, 1.807) is 0 Å². The lowest BCUT2D eigenvalue weighted by molar-refractivity contribution is -0.121. The van der Waals surface area contributed by atoms with Crippen LogP contribution in [0.4, 0.5) is 0 Å². The van der Waals surface area contributed by atoms with Crippen molar-refractivity contribution in [1.82, 2.24) is 15.5 Å². The zero-order chi connectivity index (χ0) is 14.4. The SMILES string of the molecule is CCCC(=O)NCc1nc(-c2ccc(CN)cc2)no1. The van der Waals surface area contributed by atoms with Crippen LogP contribution in [0.1, 0.15) is 31.2 Å². The predicted molar refractivity (Wildman–Crippen MR) is 74.4 cm³/mol. The number of benzene rings is 1. The van der Waals surface area contributed by atoms with Crippen molar-refractivity contribution in [2.75, 3.05) is 0 Å². The Kier molecular flexibility index (Phi) is 4.84. The van der Waals surface area contributed by atoms with Crippen LogP contribution in [0, 0.1) is 0 Å². The van der Waals surface area contributed by atoms with Gasteiger partial charge in [-0.1, -0.05) is 36.3 Å². The minimum absolute atomic E-state index is 0.0143. The number of amides is 1. The van der Waals surface area contributed by atoms with Crippen LogP contribution in [0.5, 0.6) is 0 Å². The number of carbonyl (C=O) groups is 1. The van der Waals surface area contributed by atoms with Gasteiger partial charge in [0.15, 0.2) is 0 Å². The van der Waals surface area contributed by atoms with Crippen LogP contribution in [0.3, 0.4) is 0 Å². The first-order valence-electron chi connectivity index (χ1n) is 6.61. The van der Waals surface area contributed by atoms with Crippen molar-refractivity contribution >= 4 is 5.91 Å². The van der Waals surface area contributed by atoms with Crippen LogP contribution in [-0.4, -0.2) is 16.0 Å². The van der Waals surface area contributed by atoms with Gasteiger partial charge in [0.1, 0.15) is 0 Å². The molecule has 20 heavy (non-hydrogen) atoms. The highest BCUT2D eigenvalue weighted by atomic mass is 16.5. The van der Waals surface area contributed by atoms with Crippen molar-refractivity contribution in [2.24, 2.45) is 5.73 Å². The Morgan fingerprint density at radius 2 is 2.10 bits per heavy atom. The topological polar surface area (TPSA) is 94.0 Å². The molecule has 0 fully saturated rings. The number of nitrogens with one attached hydrogen (secondary N) is 1. The normalized spacial score (nSPS) is 10.5. The predicted octanol–water partition coefficient (Wildman–Crippen LogP) is 1.61. The second kappa shape index (κ2) is 6.81. The van der Waals surface area contributed by atoms with Crippen LogP contribution in [0.2, 0.25) is 0 Å². The van der Waals surface area contributed by atoms with E-state index in [0.29, 0.717) is 24.7 Å². The highest BCUT2D eigenvalue weighted by Crippen LogP contribution is 2.16. The zero-order valence-corrected chi connectivity index (χ0v) is 11.4. The Hall–Kier alpha value is -2.21. The maximum Gasteiger partial charge on any atom is 0.246 e. The quantitative estimate of drug-likeness (QED) is 0.834. The van der Waals surface area contributed by atoms with E-state index in [2.05, 4.69) is 15.5 Å². The average molecular weight is 274 g/mol. The fraction of sp³-hybridized carbons (Fsp3) is 0.357. The molecule has 1 aromatic heterocycles. The molecule has 2 aromatic rings. The highest BCUT2D eigenvalue weighted by molar-refractivity contribution is 5.75. The molecule has 0 saturated heterocycles. The first-order chi connectivity index (χ1) is 9.72. The summed E-state index contributed by atoms with van der Waals surface area (Å²) in [6.45, 7) is 2.71. The van der Waals surface area contributed by atoms with Crippen LogP contribution in [-0.2, 0) is 17.9 Å². The summed E-state index contributed by atoms with van der Waals surface area (Å²) in [4.78, 5) is 15.6. The number of nitrogens with zero attached hydrogens (tertiary/aromatic N) is 2. The third kappa shape index (κ3) is 3.64. The van der Waals surface area contributed by atoms with Gasteiger partial charge in [0.2, 0.25) is 17.6 Å². The van der Waals surface area contributed by atoms with Gasteiger partial charge in [0.05, 0.1) is 6.54 Å². The second-order valence-corrected chi connectivity index (χ2v) is 4.44. The monoisotopic (exact) mass is 274 g/mol. The molecule has 3 N–H and O–H groups in total. The van der Waals surface area contributed by atoms with Crippen LogP contribution in [0.25, 0.3) is 11.4 Å². The van der Waals surface area contributed by atoms with E-state index in [-0.39, 0.29) is 12.5 Å². The Morgan fingerprint density at radius 1 is 1.35 bits per heavy atom. The molecule has 6 nitrogen and oxygen atoms in total. The molecule has 0 saturated carbocycles. The molecule has 0 aliphatic carbocycles. The number of rotatable bonds is 6. The molecule has 1 heterocycles. The van der Waals surface area contributed by atoms with Gasteiger partial charge in [-0.2, -0.15) is 4.98 Å². The molecule has 1 amide bonds. The van der Waals surface area contributed by atoms with E-state index >= 15 is 0 Å². The van der Waals surface area contributed by atoms with Crippen molar-refractivity contribution in [3.63, 3.8) is 0 Å². The van der Waals surface area contributed by atoms with Gasteiger partial charge in [0, 0.05) is 18.5 Å². The van der Waals surface area contributed by atoms with E-state index < -0.39 is 0 Å². The molecule has 106 valence electrons. The van der Waals surface area contributed by atoms with E-state index in [4.69, 9.17) is 10.3 Å². The van der Waals surface area contributed by atoms with Gasteiger partial charge in [-0.05, 0) is 12.0 Å². The number of carbonyl (C=O) groups excluding carboxylic acids is 1. The molecular weight excluding hydrogens is 256 g/mol. The maximum absolute atomic E-state index is 11.4. The lowest BCUT2D eigenvalue weighted by Gasteiger charge is -1.99. The Balaban J connectivity index is 1.99. The first-order valence-corrected chi connectivity index (χ1v) is 6.61. The van der Waals surface area contributed by atoms with Gasteiger partial charge in [-0.25, -0.2) is 0 Å².